The van der Waals surface area contributed by atoms with Crippen molar-refractivity contribution in [3.05, 3.63) is 47.7 Å². The Bertz CT molecular complexity index is 710. The first-order valence-electron chi connectivity index (χ1n) is 8.55. The number of fused-ring (bicyclic) bond motifs is 1. The predicted octanol–water partition coefficient (Wildman–Crippen LogP) is 3.38. The van der Waals surface area contributed by atoms with Gasteiger partial charge in [-0.15, -0.1) is 29.9 Å². The Labute approximate surface area is 167 Å². The Morgan fingerprint density at radius 2 is 1.69 bits per heavy atom. The molecule has 7 heteroatoms. The molecule has 2 aliphatic rings. The highest BCUT2D eigenvalue weighted by Crippen LogP contribution is 2.44. The van der Waals surface area contributed by atoms with Crippen molar-refractivity contribution in [1.82, 2.24) is 15.1 Å². The quantitative estimate of drug-likeness (QED) is 0.795. The van der Waals surface area contributed by atoms with E-state index in [1.807, 2.05) is 13.0 Å². The van der Waals surface area contributed by atoms with Gasteiger partial charge in [-0.2, -0.15) is 5.10 Å². The molecule has 4 rings (SSSR count). The van der Waals surface area contributed by atoms with Gasteiger partial charge in [0.05, 0.1) is 12.8 Å². The van der Waals surface area contributed by atoms with E-state index in [1.54, 1.807) is 7.11 Å². The lowest BCUT2D eigenvalue weighted by molar-refractivity contribution is 0.279. The minimum atomic E-state index is 0. The summed E-state index contributed by atoms with van der Waals surface area (Å²) in [7, 11) is 3.95. The van der Waals surface area contributed by atoms with Crippen molar-refractivity contribution in [1.29, 1.82) is 0 Å². The molecule has 0 radical (unpaired) electrons. The van der Waals surface area contributed by atoms with E-state index in [0.29, 0.717) is 17.9 Å². The Morgan fingerprint density at radius 3 is 2.31 bits per heavy atom. The van der Waals surface area contributed by atoms with Crippen LogP contribution in [0.4, 0.5) is 5.82 Å². The van der Waals surface area contributed by atoms with Gasteiger partial charge in [-0.3, -0.25) is 4.90 Å². The van der Waals surface area contributed by atoms with Gasteiger partial charge in [0.1, 0.15) is 5.75 Å². The average Bonchev–Trinajstić information content (AvgIpc) is 3.12. The molecule has 142 valence electrons. The zero-order valence-electron chi connectivity index (χ0n) is 15.3. The fourth-order valence-electron chi connectivity index (χ4n) is 4.31. The van der Waals surface area contributed by atoms with Crippen LogP contribution in [0.25, 0.3) is 0 Å². The van der Waals surface area contributed by atoms with E-state index in [4.69, 9.17) is 4.74 Å². The summed E-state index contributed by atoms with van der Waals surface area (Å²) in [5, 5.41) is 8.59. The van der Waals surface area contributed by atoms with Gasteiger partial charge in [0.2, 0.25) is 0 Å². The Balaban J connectivity index is 0.00000121. The number of benzene rings is 1. The molecule has 5 nitrogen and oxygen atoms in total. The number of likely N-dealkylation sites (tertiary alicyclic amines) is 1. The molecule has 26 heavy (non-hydrogen) atoms. The maximum absolute atomic E-state index is 5.29. The average molecular weight is 397 g/mol. The van der Waals surface area contributed by atoms with Crippen molar-refractivity contribution in [2.75, 3.05) is 38.7 Å². The molecule has 2 aliphatic heterocycles. The number of aromatic nitrogens is 2. The van der Waals surface area contributed by atoms with Gasteiger partial charge < -0.3 is 9.64 Å². The zero-order valence-corrected chi connectivity index (χ0v) is 17.0. The summed E-state index contributed by atoms with van der Waals surface area (Å²) in [5.41, 5.74) is 2.34. The second kappa shape index (κ2) is 8.42. The summed E-state index contributed by atoms with van der Waals surface area (Å²) in [4.78, 5) is 4.89. The van der Waals surface area contributed by atoms with Crippen LogP contribution in [0.15, 0.2) is 36.4 Å². The maximum Gasteiger partial charge on any atom is 0.151 e. The maximum atomic E-state index is 5.29. The molecule has 2 aromatic rings. The molecule has 1 aromatic heterocycles. The molecule has 2 saturated heterocycles. The minimum Gasteiger partial charge on any atom is -0.497 e. The first kappa shape index (κ1) is 20.7. The van der Waals surface area contributed by atoms with Gasteiger partial charge in [0.25, 0.3) is 0 Å². The predicted molar refractivity (Wildman–Crippen MR) is 109 cm³/mol. The molecule has 0 saturated carbocycles. The molecule has 3 heterocycles. The van der Waals surface area contributed by atoms with E-state index in [1.165, 1.54) is 5.56 Å². The minimum absolute atomic E-state index is 0. The van der Waals surface area contributed by atoms with Crippen molar-refractivity contribution in [2.45, 2.75) is 13.0 Å². The van der Waals surface area contributed by atoms with Gasteiger partial charge in [-0.05, 0) is 49.7 Å². The molecule has 1 aromatic carbocycles. The van der Waals surface area contributed by atoms with Gasteiger partial charge in [0, 0.05) is 31.6 Å². The first-order valence-corrected chi connectivity index (χ1v) is 8.55. The lowest BCUT2D eigenvalue weighted by Gasteiger charge is -2.27. The van der Waals surface area contributed by atoms with Crippen LogP contribution in [-0.2, 0) is 0 Å². The van der Waals surface area contributed by atoms with Gasteiger partial charge >= 0.3 is 0 Å². The molecular weight excluding hydrogens is 371 g/mol. The number of rotatable bonds is 3. The number of hydrogen-bond donors (Lipinski definition) is 0. The number of aryl methyl sites for hydroxylation is 1. The molecule has 3 atom stereocenters. The van der Waals surface area contributed by atoms with Crippen molar-refractivity contribution in [3.8, 4) is 5.75 Å². The van der Waals surface area contributed by atoms with Crippen molar-refractivity contribution in [2.24, 2.45) is 11.8 Å². The second-order valence-corrected chi connectivity index (χ2v) is 7.02. The highest BCUT2D eigenvalue weighted by atomic mass is 35.5. The van der Waals surface area contributed by atoms with Crippen LogP contribution >= 0.6 is 24.8 Å². The topological polar surface area (TPSA) is 41.5 Å². The molecular formula is C19H26Cl2N4O. The van der Waals surface area contributed by atoms with Crippen LogP contribution in [-0.4, -0.2) is 48.9 Å². The van der Waals surface area contributed by atoms with E-state index < -0.39 is 0 Å². The number of halogens is 2. The standard InChI is InChI=1S/C19H24N4O.2ClH/c1-13-4-9-18(21-20-13)23-11-15-10-22(2)19(17(15)12-23)14-5-7-16(24-3)8-6-14;;/h4-9,15,17,19H,10-12H2,1-3H3;2*1H/t15-,17+,19-;;/m0../s1. The lowest BCUT2D eigenvalue weighted by Crippen LogP contribution is -2.29. The SMILES string of the molecule is COc1ccc([C@H]2[C@@H]3CN(c4ccc(C)nn4)C[C@@H]3CN2C)cc1.Cl.Cl. The summed E-state index contributed by atoms with van der Waals surface area (Å²) >= 11 is 0. The van der Waals surface area contributed by atoms with Crippen molar-refractivity contribution >= 4 is 30.6 Å². The summed E-state index contributed by atoms with van der Waals surface area (Å²) < 4.78 is 5.29. The molecule has 0 N–H and O–H groups in total. The molecule has 0 spiro atoms. The number of hydrogen-bond acceptors (Lipinski definition) is 5. The Kier molecular flexibility index (Phi) is 6.72. The van der Waals surface area contributed by atoms with E-state index in [-0.39, 0.29) is 24.8 Å². The van der Waals surface area contributed by atoms with Gasteiger partial charge in [-0.1, -0.05) is 12.1 Å². The van der Waals surface area contributed by atoms with Crippen LogP contribution in [0.1, 0.15) is 17.3 Å². The number of nitrogens with zero attached hydrogens (tertiary/aromatic N) is 4. The van der Waals surface area contributed by atoms with E-state index in [9.17, 15) is 0 Å². The van der Waals surface area contributed by atoms with E-state index in [2.05, 4.69) is 57.4 Å². The van der Waals surface area contributed by atoms with Crippen LogP contribution in [0.5, 0.6) is 5.75 Å². The molecule has 0 amide bonds. The fraction of sp³-hybridized carbons (Fsp3) is 0.474. The zero-order chi connectivity index (χ0) is 16.7. The third-order valence-corrected chi connectivity index (χ3v) is 5.46. The summed E-state index contributed by atoms with van der Waals surface area (Å²) in [6.45, 7) is 5.23. The highest BCUT2D eigenvalue weighted by molar-refractivity contribution is 5.85. The molecule has 2 fully saturated rings. The Morgan fingerprint density at radius 1 is 0.962 bits per heavy atom. The summed E-state index contributed by atoms with van der Waals surface area (Å²) in [6, 6.07) is 13.1. The molecule has 0 unspecified atom stereocenters. The first-order chi connectivity index (χ1) is 11.7. The largest absolute Gasteiger partial charge is 0.497 e. The van der Waals surface area contributed by atoms with Crippen LogP contribution < -0.4 is 9.64 Å². The lowest BCUT2D eigenvalue weighted by atomic mass is 9.89. The van der Waals surface area contributed by atoms with Crippen LogP contribution in [0, 0.1) is 18.8 Å². The smallest absolute Gasteiger partial charge is 0.151 e. The van der Waals surface area contributed by atoms with Crippen LogP contribution in [0.2, 0.25) is 0 Å². The van der Waals surface area contributed by atoms with E-state index >= 15 is 0 Å². The second-order valence-electron chi connectivity index (χ2n) is 7.02. The number of methoxy groups -OCH3 is 1. The highest BCUT2D eigenvalue weighted by Gasteiger charge is 2.46. The third kappa shape index (κ3) is 3.75. The van der Waals surface area contributed by atoms with Gasteiger partial charge in [0.15, 0.2) is 5.82 Å². The molecule has 0 aliphatic carbocycles. The normalized spacial score (nSPS) is 24.6. The van der Waals surface area contributed by atoms with Crippen LogP contribution in [0.3, 0.4) is 0 Å². The Hall–Kier alpha value is -1.56. The number of anilines is 1. The van der Waals surface area contributed by atoms with Crippen molar-refractivity contribution < 1.29 is 4.74 Å². The monoisotopic (exact) mass is 396 g/mol. The third-order valence-electron chi connectivity index (χ3n) is 5.46. The summed E-state index contributed by atoms with van der Waals surface area (Å²) in [5.74, 6) is 3.24. The number of ether oxygens (including phenoxy) is 1. The summed E-state index contributed by atoms with van der Waals surface area (Å²) in [6.07, 6.45) is 0. The fourth-order valence-corrected chi connectivity index (χ4v) is 4.31. The van der Waals surface area contributed by atoms with E-state index in [0.717, 1.165) is 36.9 Å². The van der Waals surface area contributed by atoms with Crippen molar-refractivity contribution in [3.63, 3.8) is 0 Å². The van der Waals surface area contributed by atoms with Gasteiger partial charge in [-0.25, -0.2) is 0 Å². The molecule has 0 bridgehead atoms.